The van der Waals surface area contributed by atoms with Gasteiger partial charge in [-0.1, -0.05) is 13.8 Å². The Morgan fingerprint density at radius 1 is 1.00 bits per heavy atom. The van der Waals surface area contributed by atoms with Gasteiger partial charge in [-0.25, -0.2) is 16.8 Å². The Kier molecular flexibility index (Phi) is 5.65. The van der Waals surface area contributed by atoms with Crippen molar-refractivity contribution in [2.75, 3.05) is 37.7 Å². The van der Waals surface area contributed by atoms with E-state index in [4.69, 9.17) is 0 Å². The number of nitrogens with zero attached hydrogens (tertiary/aromatic N) is 2. The third-order valence-electron chi connectivity index (χ3n) is 5.21. The van der Waals surface area contributed by atoms with Crippen molar-refractivity contribution in [1.29, 1.82) is 0 Å². The Balaban J connectivity index is 1.74. The lowest BCUT2D eigenvalue weighted by atomic mass is 9.94. The van der Waals surface area contributed by atoms with E-state index in [0.29, 0.717) is 30.5 Å². The summed E-state index contributed by atoms with van der Waals surface area (Å²) in [4.78, 5) is 14.2. The second kappa shape index (κ2) is 7.52. The van der Waals surface area contributed by atoms with Crippen molar-refractivity contribution in [2.45, 2.75) is 25.2 Å². The third-order valence-corrected chi connectivity index (χ3v) is 8.66. The quantitative estimate of drug-likeness (QED) is 0.742. The van der Waals surface area contributed by atoms with Gasteiger partial charge in [0.05, 0.1) is 16.4 Å². The normalized spacial score (nSPS) is 26.7. The molecule has 2 saturated heterocycles. The van der Waals surface area contributed by atoms with Crippen LogP contribution in [-0.4, -0.2) is 69.6 Å². The fourth-order valence-corrected chi connectivity index (χ4v) is 6.70. The van der Waals surface area contributed by atoms with Crippen LogP contribution in [0.5, 0.6) is 0 Å². The summed E-state index contributed by atoms with van der Waals surface area (Å²) in [5, 5.41) is 0. The van der Waals surface area contributed by atoms with Gasteiger partial charge in [0.15, 0.2) is 9.84 Å². The molecule has 0 N–H and O–H groups in total. The summed E-state index contributed by atoms with van der Waals surface area (Å²) in [6.45, 7) is 5.47. The van der Waals surface area contributed by atoms with Crippen molar-refractivity contribution in [3.8, 4) is 0 Å². The molecule has 1 aromatic carbocycles. The summed E-state index contributed by atoms with van der Waals surface area (Å²) < 4.78 is 50.3. The molecule has 0 aromatic heterocycles. The predicted octanol–water partition coefficient (Wildman–Crippen LogP) is 1.22. The molecule has 9 heteroatoms. The highest BCUT2D eigenvalue weighted by molar-refractivity contribution is 7.91. The summed E-state index contributed by atoms with van der Waals surface area (Å²) in [5.41, 5.74) is 0.369. The van der Waals surface area contributed by atoms with Gasteiger partial charge in [-0.05, 0) is 42.5 Å². The molecule has 2 fully saturated rings. The van der Waals surface area contributed by atoms with Crippen LogP contribution in [0.1, 0.15) is 30.6 Å². The number of sulfone groups is 1. The Morgan fingerprint density at radius 2 is 1.52 bits per heavy atom. The Hall–Kier alpha value is -1.45. The molecule has 2 aliphatic rings. The van der Waals surface area contributed by atoms with Crippen molar-refractivity contribution in [3.05, 3.63) is 29.8 Å². The lowest BCUT2D eigenvalue weighted by Crippen LogP contribution is -2.43. The number of sulfonamides is 1. The minimum Gasteiger partial charge on any atom is -0.337 e. The number of amides is 1. The number of benzene rings is 1. The largest absolute Gasteiger partial charge is 0.337 e. The van der Waals surface area contributed by atoms with Gasteiger partial charge in [0, 0.05) is 31.7 Å². The topological polar surface area (TPSA) is 91.8 Å². The maximum atomic E-state index is 12.9. The molecule has 7 nitrogen and oxygen atoms in total. The van der Waals surface area contributed by atoms with E-state index in [1.54, 1.807) is 0 Å². The number of hydrogen-bond acceptors (Lipinski definition) is 5. The first kappa shape index (κ1) is 20.3. The van der Waals surface area contributed by atoms with Crippen LogP contribution in [0.25, 0.3) is 0 Å². The molecule has 1 aromatic rings. The molecule has 2 aliphatic heterocycles. The van der Waals surface area contributed by atoms with E-state index in [0.717, 1.165) is 6.42 Å². The Bertz CT molecular complexity index is 886. The molecule has 27 heavy (non-hydrogen) atoms. The molecule has 2 heterocycles. The number of carbonyl (C=O) groups excluding carboxylic acids is 1. The number of carbonyl (C=O) groups is 1. The monoisotopic (exact) mass is 414 g/mol. The molecule has 2 atom stereocenters. The van der Waals surface area contributed by atoms with Gasteiger partial charge >= 0.3 is 0 Å². The highest BCUT2D eigenvalue weighted by atomic mass is 32.2. The molecule has 0 radical (unpaired) electrons. The lowest BCUT2D eigenvalue weighted by Gasteiger charge is -2.34. The molecule has 2 unspecified atom stereocenters. The average molecular weight is 415 g/mol. The zero-order chi connectivity index (χ0) is 19.8. The van der Waals surface area contributed by atoms with Crippen LogP contribution in [0, 0.1) is 11.8 Å². The second-order valence-electron chi connectivity index (χ2n) is 7.74. The fraction of sp³-hybridized carbons (Fsp3) is 0.611. The Morgan fingerprint density at radius 3 is 2.04 bits per heavy atom. The van der Waals surface area contributed by atoms with E-state index in [1.807, 2.05) is 0 Å². The lowest BCUT2D eigenvalue weighted by molar-refractivity contribution is 0.0770. The van der Waals surface area contributed by atoms with E-state index < -0.39 is 19.9 Å². The minimum absolute atomic E-state index is 0.0312. The van der Waals surface area contributed by atoms with Gasteiger partial charge in [0.2, 0.25) is 10.0 Å². The summed E-state index contributed by atoms with van der Waals surface area (Å²) in [6, 6.07) is 5.95. The summed E-state index contributed by atoms with van der Waals surface area (Å²) in [5.74, 6) is 0.307. The van der Waals surface area contributed by atoms with E-state index in [2.05, 4.69) is 13.8 Å². The second-order valence-corrected chi connectivity index (χ2v) is 12.0. The number of hydrogen-bond donors (Lipinski definition) is 0. The van der Waals surface area contributed by atoms with Gasteiger partial charge in [0.25, 0.3) is 5.91 Å². The van der Waals surface area contributed by atoms with E-state index in [9.17, 15) is 21.6 Å². The molecule has 0 aliphatic carbocycles. The van der Waals surface area contributed by atoms with Crippen LogP contribution in [0.2, 0.25) is 0 Å². The van der Waals surface area contributed by atoms with Crippen molar-refractivity contribution in [1.82, 2.24) is 9.21 Å². The molecule has 0 saturated carbocycles. The van der Waals surface area contributed by atoms with Gasteiger partial charge in [-0.3, -0.25) is 4.79 Å². The minimum atomic E-state index is -3.58. The zero-order valence-corrected chi connectivity index (χ0v) is 17.3. The maximum Gasteiger partial charge on any atom is 0.253 e. The SMILES string of the molecule is CC1CC(C)CN(S(=O)(=O)c2ccc(C(=O)N3CCS(=O)(=O)CC3)cc2)C1. The van der Waals surface area contributed by atoms with Crippen LogP contribution in [-0.2, 0) is 19.9 Å². The van der Waals surface area contributed by atoms with Crippen LogP contribution in [0.15, 0.2) is 29.2 Å². The molecule has 1 amide bonds. The zero-order valence-electron chi connectivity index (χ0n) is 15.7. The maximum absolute atomic E-state index is 12.9. The van der Waals surface area contributed by atoms with Crippen molar-refractivity contribution >= 4 is 25.8 Å². The first-order valence-corrected chi connectivity index (χ1v) is 12.4. The van der Waals surface area contributed by atoms with Crippen LogP contribution < -0.4 is 0 Å². The highest BCUT2D eigenvalue weighted by Crippen LogP contribution is 2.27. The number of rotatable bonds is 3. The van der Waals surface area contributed by atoms with Gasteiger partial charge in [-0.15, -0.1) is 0 Å². The molecule has 0 bridgehead atoms. The average Bonchev–Trinajstić information content (AvgIpc) is 2.60. The summed E-state index contributed by atoms with van der Waals surface area (Å²) in [7, 11) is -6.64. The van der Waals surface area contributed by atoms with E-state index in [-0.39, 0.29) is 35.4 Å². The molecular formula is C18H26N2O5S2. The molecule has 150 valence electrons. The van der Waals surface area contributed by atoms with Gasteiger partial charge in [0.1, 0.15) is 0 Å². The third kappa shape index (κ3) is 4.52. The van der Waals surface area contributed by atoms with Crippen molar-refractivity contribution < 1.29 is 21.6 Å². The van der Waals surface area contributed by atoms with Crippen LogP contribution >= 0.6 is 0 Å². The molecule has 3 rings (SSSR count). The first-order chi connectivity index (χ1) is 12.6. The number of piperidine rings is 1. The smallest absolute Gasteiger partial charge is 0.253 e. The van der Waals surface area contributed by atoms with Gasteiger partial charge in [-0.2, -0.15) is 4.31 Å². The molecular weight excluding hydrogens is 388 g/mol. The predicted molar refractivity (Wildman–Crippen MR) is 103 cm³/mol. The van der Waals surface area contributed by atoms with Crippen LogP contribution in [0.3, 0.4) is 0 Å². The molecule has 0 spiro atoms. The first-order valence-electron chi connectivity index (χ1n) is 9.18. The summed E-state index contributed by atoms with van der Waals surface area (Å²) >= 11 is 0. The van der Waals surface area contributed by atoms with E-state index >= 15 is 0 Å². The van der Waals surface area contributed by atoms with Gasteiger partial charge < -0.3 is 4.90 Å². The highest BCUT2D eigenvalue weighted by Gasteiger charge is 2.32. The summed E-state index contributed by atoms with van der Waals surface area (Å²) in [6.07, 6.45) is 1.02. The Labute approximate surface area is 161 Å². The van der Waals surface area contributed by atoms with Crippen molar-refractivity contribution in [3.63, 3.8) is 0 Å². The standard InChI is InChI=1S/C18H26N2O5S2/c1-14-11-15(2)13-20(12-14)27(24,25)17-5-3-16(4-6-17)18(21)19-7-9-26(22,23)10-8-19/h3-6,14-15H,7-13H2,1-2H3. The van der Waals surface area contributed by atoms with E-state index in [1.165, 1.54) is 33.5 Å². The van der Waals surface area contributed by atoms with Crippen molar-refractivity contribution in [2.24, 2.45) is 11.8 Å². The fourth-order valence-electron chi connectivity index (χ4n) is 3.82. The van der Waals surface area contributed by atoms with Crippen LogP contribution in [0.4, 0.5) is 0 Å².